The van der Waals surface area contributed by atoms with Crippen LogP contribution in [0.3, 0.4) is 0 Å². The molecule has 2 heterocycles. The van der Waals surface area contributed by atoms with E-state index in [4.69, 9.17) is 9.47 Å². The van der Waals surface area contributed by atoms with Crippen molar-refractivity contribution < 1.29 is 14.6 Å². The summed E-state index contributed by atoms with van der Waals surface area (Å²) < 4.78 is 11.3. The molecule has 2 rings (SSSR count). The first-order valence-electron chi connectivity index (χ1n) is 5.51. The van der Waals surface area contributed by atoms with E-state index in [1.54, 1.807) is 0 Å². The molecule has 0 aromatic rings. The number of fused-ring (bicyclic) bond motifs is 2. The van der Waals surface area contributed by atoms with Crippen LogP contribution in [0.1, 0.15) is 27.7 Å². The molecule has 1 N–H and O–H groups in total. The summed E-state index contributed by atoms with van der Waals surface area (Å²) in [5.74, 6) is 1.05. The molecule has 2 saturated heterocycles. The molecule has 2 aliphatic rings. The Labute approximate surface area is 85.4 Å². The molecule has 2 fully saturated rings. The van der Waals surface area contributed by atoms with Gasteiger partial charge < -0.3 is 14.6 Å². The van der Waals surface area contributed by atoms with Gasteiger partial charge in [-0.2, -0.15) is 0 Å². The molecule has 3 nitrogen and oxygen atoms in total. The molecule has 14 heavy (non-hydrogen) atoms. The minimum Gasteiger partial charge on any atom is -0.390 e. The zero-order valence-electron chi connectivity index (χ0n) is 9.31. The van der Waals surface area contributed by atoms with Gasteiger partial charge >= 0.3 is 0 Å². The molecule has 0 aromatic heterocycles. The molecule has 0 aromatic carbocycles. The Hall–Kier alpha value is -0.120. The number of rotatable bonds is 1. The van der Waals surface area contributed by atoms with E-state index in [1.807, 2.05) is 6.92 Å². The molecule has 0 spiro atoms. The van der Waals surface area contributed by atoms with Crippen molar-refractivity contribution in [3.05, 3.63) is 0 Å². The summed E-state index contributed by atoms with van der Waals surface area (Å²) in [7, 11) is 0. The molecule has 0 amide bonds. The van der Waals surface area contributed by atoms with E-state index in [0.29, 0.717) is 11.8 Å². The van der Waals surface area contributed by atoms with Crippen molar-refractivity contribution >= 4 is 0 Å². The SMILES string of the molecule is CC(C)[C@@H]1[C@@H](C)[C@@H]2O[C@H]([C@H]1O)[C@H](C)O2. The lowest BCUT2D eigenvalue weighted by Gasteiger charge is -2.39. The standard InChI is InChI=1S/C11H20O3/c1-5(2)8-6(3)11-13-7(4)10(14-11)9(8)12/h5-12H,1-4H3/t6-,7+,8-,9+,10+,11+/m1/s1. The lowest BCUT2D eigenvalue weighted by atomic mass is 9.76. The van der Waals surface area contributed by atoms with Crippen molar-refractivity contribution in [3.8, 4) is 0 Å². The van der Waals surface area contributed by atoms with Gasteiger partial charge in [-0.1, -0.05) is 20.8 Å². The van der Waals surface area contributed by atoms with Gasteiger partial charge in [-0.25, -0.2) is 0 Å². The highest BCUT2D eigenvalue weighted by molar-refractivity contribution is 4.95. The van der Waals surface area contributed by atoms with E-state index in [9.17, 15) is 5.11 Å². The highest BCUT2D eigenvalue weighted by Gasteiger charge is 2.51. The molecule has 3 heteroatoms. The van der Waals surface area contributed by atoms with Gasteiger partial charge in [0, 0.05) is 5.92 Å². The molecular formula is C11H20O3. The van der Waals surface area contributed by atoms with Crippen LogP contribution in [0.5, 0.6) is 0 Å². The van der Waals surface area contributed by atoms with E-state index in [1.165, 1.54) is 0 Å². The van der Waals surface area contributed by atoms with Crippen LogP contribution in [0.2, 0.25) is 0 Å². The predicted octanol–water partition coefficient (Wildman–Crippen LogP) is 1.40. The monoisotopic (exact) mass is 200 g/mol. The van der Waals surface area contributed by atoms with Gasteiger partial charge in [-0.15, -0.1) is 0 Å². The summed E-state index contributed by atoms with van der Waals surface area (Å²) in [5.41, 5.74) is 0. The van der Waals surface area contributed by atoms with Crippen LogP contribution >= 0.6 is 0 Å². The van der Waals surface area contributed by atoms with Crippen LogP contribution in [0, 0.1) is 17.8 Å². The predicted molar refractivity (Wildman–Crippen MR) is 52.7 cm³/mol. The fraction of sp³-hybridized carbons (Fsp3) is 1.00. The Morgan fingerprint density at radius 3 is 2.36 bits per heavy atom. The van der Waals surface area contributed by atoms with Crippen LogP contribution < -0.4 is 0 Å². The second-order valence-corrected chi connectivity index (χ2v) is 4.98. The molecule has 0 unspecified atom stereocenters. The average Bonchev–Trinajstić information content (AvgIpc) is 2.42. The van der Waals surface area contributed by atoms with E-state index in [2.05, 4.69) is 20.8 Å². The van der Waals surface area contributed by atoms with Gasteiger partial charge in [0.2, 0.25) is 0 Å². The van der Waals surface area contributed by atoms with Crippen LogP contribution in [-0.2, 0) is 9.47 Å². The Morgan fingerprint density at radius 1 is 1.14 bits per heavy atom. The zero-order valence-corrected chi connectivity index (χ0v) is 9.31. The molecule has 6 atom stereocenters. The normalized spacial score (nSPS) is 52.7. The van der Waals surface area contributed by atoms with Crippen molar-refractivity contribution in [1.29, 1.82) is 0 Å². The van der Waals surface area contributed by atoms with E-state index < -0.39 is 0 Å². The van der Waals surface area contributed by atoms with Crippen molar-refractivity contribution in [1.82, 2.24) is 0 Å². The Morgan fingerprint density at radius 2 is 1.79 bits per heavy atom. The summed E-state index contributed by atoms with van der Waals surface area (Å²) in [6, 6.07) is 0. The smallest absolute Gasteiger partial charge is 0.161 e. The van der Waals surface area contributed by atoms with Crippen molar-refractivity contribution in [2.24, 2.45) is 17.8 Å². The highest BCUT2D eigenvalue weighted by atomic mass is 16.7. The molecular weight excluding hydrogens is 180 g/mol. The van der Waals surface area contributed by atoms with Gasteiger partial charge in [0.15, 0.2) is 6.29 Å². The second-order valence-electron chi connectivity index (χ2n) is 4.98. The quantitative estimate of drug-likeness (QED) is 0.695. The van der Waals surface area contributed by atoms with Crippen LogP contribution in [0.15, 0.2) is 0 Å². The summed E-state index contributed by atoms with van der Waals surface area (Å²) in [5, 5.41) is 10.2. The van der Waals surface area contributed by atoms with E-state index in [-0.39, 0.29) is 30.5 Å². The number of aliphatic hydroxyl groups is 1. The topological polar surface area (TPSA) is 38.7 Å². The lowest BCUT2D eigenvalue weighted by molar-refractivity contribution is -0.185. The molecule has 82 valence electrons. The van der Waals surface area contributed by atoms with Gasteiger partial charge in [0.25, 0.3) is 0 Å². The second kappa shape index (κ2) is 3.47. The number of aliphatic hydroxyl groups excluding tert-OH is 1. The summed E-state index contributed by atoms with van der Waals surface area (Å²) in [6.07, 6.45) is -0.575. The number of hydrogen-bond acceptors (Lipinski definition) is 3. The number of ether oxygens (including phenoxy) is 2. The van der Waals surface area contributed by atoms with Crippen molar-refractivity contribution in [2.45, 2.75) is 52.3 Å². The Bertz CT molecular complexity index is 217. The van der Waals surface area contributed by atoms with Gasteiger partial charge in [0.1, 0.15) is 6.10 Å². The van der Waals surface area contributed by atoms with Gasteiger partial charge in [-0.3, -0.25) is 0 Å². The summed E-state index contributed by atoms with van der Waals surface area (Å²) in [4.78, 5) is 0. The maximum atomic E-state index is 10.2. The fourth-order valence-electron chi connectivity index (χ4n) is 2.91. The van der Waals surface area contributed by atoms with Crippen LogP contribution in [0.25, 0.3) is 0 Å². The molecule has 2 aliphatic heterocycles. The van der Waals surface area contributed by atoms with Gasteiger partial charge in [-0.05, 0) is 18.8 Å². The summed E-state index contributed by atoms with van der Waals surface area (Å²) in [6.45, 7) is 8.38. The van der Waals surface area contributed by atoms with E-state index in [0.717, 1.165) is 0 Å². The fourth-order valence-corrected chi connectivity index (χ4v) is 2.91. The maximum absolute atomic E-state index is 10.2. The van der Waals surface area contributed by atoms with Crippen molar-refractivity contribution in [2.75, 3.05) is 0 Å². The third-order valence-electron chi connectivity index (χ3n) is 3.64. The van der Waals surface area contributed by atoms with Crippen LogP contribution in [-0.4, -0.2) is 29.7 Å². The Balaban J connectivity index is 2.21. The van der Waals surface area contributed by atoms with E-state index >= 15 is 0 Å². The molecule has 0 aliphatic carbocycles. The summed E-state index contributed by atoms with van der Waals surface area (Å²) >= 11 is 0. The third kappa shape index (κ3) is 1.38. The van der Waals surface area contributed by atoms with Crippen LogP contribution in [0.4, 0.5) is 0 Å². The maximum Gasteiger partial charge on any atom is 0.161 e. The minimum atomic E-state index is -0.376. The Kier molecular flexibility index (Phi) is 2.58. The first-order chi connectivity index (χ1) is 6.52. The minimum absolute atomic E-state index is 0.0289. The first kappa shape index (κ1) is 10.4. The van der Waals surface area contributed by atoms with Crippen molar-refractivity contribution in [3.63, 3.8) is 0 Å². The first-order valence-corrected chi connectivity index (χ1v) is 5.51. The molecule has 0 radical (unpaired) electrons. The lowest BCUT2D eigenvalue weighted by Crippen LogP contribution is -2.48. The molecule has 2 bridgehead atoms. The molecule has 0 saturated carbocycles. The number of hydrogen-bond donors (Lipinski definition) is 1. The highest BCUT2D eigenvalue weighted by Crippen LogP contribution is 2.42. The third-order valence-corrected chi connectivity index (χ3v) is 3.64. The average molecular weight is 200 g/mol. The zero-order chi connectivity index (χ0) is 10.5. The van der Waals surface area contributed by atoms with Gasteiger partial charge in [0.05, 0.1) is 12.2 Å². The largest absolute Gasteiger partial charge is 0.390 e.